The molecule has 0 fully saturated rings. The third kappa shape index (κ3) is 5.29. The van der Waals surface area contributed by atoms with E-state index in [9.17, 15) is 0 Å². The van der Waals surface area contributed by atoms with Gasteiger partial charge in [-0.3, -0.25) is 0 Å². The molecule has 71 valence electrons. The minimum Gasteiger partial charge on any atom is -0.0829 e. The van der Waals surface area contributed by atoms with Crippen LogP contribution >= 0.6 is 22.6 Å². The molecule has 0 aliphatic rings. The topological polar surface area (TPSA) is 0 Å². The molecule has 1 aromatic carbocycles. The summed E-state index contributed by atoms with van der Waals surface area (Å²) in [6, 6.07) is 11.4. The Kier molecular flexibility index (Phi) is 5.44. The molecule has 0 nitrogen and oxygen atoms in total. The highest BCUT2D eigenvalue weighted by Crippen LogP contribution is 2.11. The smallest absolute Gasteiger partial charge is 0.00813 e. The summed E-state index contributed by atoms with van der Waals surface area (Å²) in [4.78, 5) is 0. The van der Waals surface area contributed by atoms with Crippen LogP contribution in [0.15, 0.2) is 24.3 Å². The summed E-state index contributed by atoms with van der Waals surface area (Å²) in [5.41, 5.74) is 1.44. The first-order valence-electron chi connectivity index (χ1n) is 4.88. The first kappa shape index (κ1) is 11.0. The van der Waals surface area contributed by atoms with E-state index in [1.165, 1.54) is 31.2 Å². The number of halogens is 1. The maximum absolute atomic E-state index is 3.04. The van der Waals surface area contributed by atoms with E-state index < -0.39 is 0 Å². The fraction of sp³-hybridized carbons (Fsp3) is 0.500. The lowest BCUT2D eigenvalue weighted by molar-refractivity contribution is 0.685. The maximum atomic E-state index is 3.04. The van der Waals surface area contributed by atoms with Crippen LogP contribution in [0.5, 0.6) is 0 Å². The Balaban J connectivity index is 2.13. The van der Waals surface area contributed by atoms with Gasteiger partial charge in [0.25, 0.3) is 0 Å². The lowest BCUT2D eigenvalue weighted by Gasteiger charge is -2.02. The van der Waals surface area contributed by atoms with Crippen molar-refractivity contribution in [2.24, 2.45) is 0 Å². The van der Waals surface area contributed by atoms with Crippen molar-refractivity contribution in [2.75, 3.05) is 0 Å². The quantitative estimate of drug-likeness (QED) is 0.436. The Labute approximate surface area is 94.9 Å². The van der Waals surface area contributed by atoms with Gasteiger partial charge in [-0.25, -0.2) is 0 Å². The molecule has 1 aromatic rings. The van der Waals surface area contributed by atoms with Gasteiger partial charge in [0.15, 0.2) is 0 Å². The molecule has 1 unspecified atom stereocenters. The van der Waals surface area contributed by atoms with Crippen LogP contribution < -0.4 is 0 Å². The Bertz CT molecular complexity index is 216. The summed E-state index contributed by atoms with van der Waals surface area (Å²) in [6.07, 6.45) is 5.23. The molecule has 1 atom stereocenters. The van der Waals surface area contributed by atoms with Gasteiger partial charge in [-0.1, -0.05) is 60.2 Å². The molecule has 0 bridgehead atoms. The van der Waals surface area contributed by atoms with Crippen LogP contribution in [0.25, 0.3) is 0 Å². The van der Waals surface area contributed by atoms with Crippen molar-refractivity contribution in [3.8, 4) is 0 Å². The van der Waals surface area contributed by atoms with Gasteiger partial charge in [0.1, 0.15) is 0 Å². The van der Waals surface area contributed by atoms with Gasteiger partial charge in [0.05, 0.1) is 0 Å². The van der Waals surface area contributed by atoms with Crippen molar-refractivity contribution in [3.05, 3.63) is 35.9 Å². The van der Waals surface area contributed by atoms with Crippen LogP contribution in [-0.4, -0.2) is 3.92 Å². The van der Waals surface area contributed by atoms with E-state index in [0.29, 0.717) is 0 Å². The van der Waals surface area contributed by atoms with Crippen molar-refractivity contribution in [1.29, 1.82) is 0 Å². The molecule has 0 heterocycles. The van der Waals surface area contributed by atoms with Gasteiger partial charge in [-0.05, 0) is 30.9 Å². The molecule has 0 N–H and O–H groups in total. The molecule has 1 rings (SSSR count). The summed E-state index contributed by atoms with van der Waals surface area (Å²) in [5, 5.41) is 0. The van der Waals surface area contributed by atoms with Crippen molar-refractivity contribution in [1.82, 2.24) is 0 Å². The number of alkyl halides is 1. The number of hydrogen-bond acceptors (Lipinski definition) is 0. The monoisotopic (exact) mass is 287 g/mol. The fourth-order valence-corrected chi connectivity index (χ4v) is 1.78. The number of unbranched alkanes of at least 4 members (excludes halogenated alkanes) is 1. The molecule has 0 aromatic heterocycles. The average Bonchev–Trinajstić information content (AvgIpc) is 2.14. The zero-order valence-corrected chi connectivity index (χ0v) is 10.3. The van der Waals surface area contributed by atoms with Crippen LogP contribution in [0.1, 0.15) is 31.7 Å². The lowest BCUT2D eigenvalue weighted by Crippen LogP contribution is -1.91. The van der Waals surface area contributed by atoms with E-state index in [4.69, 9.17) is 0 Å². The minimum atomic E-state index is 0.821. The molecule has 1 heteroatoms. The largest absolute Gasteiger partial charge is 0.0829 e. The molecule has 0 saturated carbocycles. The molecule has 0 saturated heterocycles. The second-order valence-corrected chi connectivity index (χ2v) is 5.56. The first-order chi connectivity index (χ1) is 6.29. The normalized spacial score (nSPS) is 12.8. The van der Waals surface area contributed by atoms with Crippen LogP contribution in [0, 0.1) is 6.07 Å². The molecule has 0 amide bonds. The maximum Gasteiger partial charge on any atom is 0.00813 e. The molecule has 0 aliphatic carbocycles. The molecule has 0 aliphatic heterocycles. The number of aryl methyl sites for hydroxylation is 1. The van der Waals surface area contributed by atoms with Gasteiger partial charge < -0.3 is 0 Å². The lowest BCUT2D eigenvalue weighted by atomic mass is 10.1. The standard InChI is InChI=1S/C12H16I/c1-11(13)7-5-6-10-12-8-3-2-4-9-12/h3-4,8-9,11H,5-7,10H2,1H3. The zero-order valence-electron chi connectivity index (χ0n) is 8.09. The molecular formula is C12H16I. The minimum absolute atomic E-state index is 0.821. The Morgan fingerprint density at radius 2 is 2.00 bits per heavy atom. The summed E-state index contributed by atoms with van der Waals surface area (Å²) >= 11 is 2.49. The Morgan fingerprint density at radius 3 is 2.62 bits per heavy atom. The highest BCUT2D eigenvalue weighted by atomic mass is 127. The predicted molar refractivity (Wildman–Crippen MR) is 66.3 cm³/mol. The van der Waals surface area contributed by atoms with Gasteiger partial charge in [0.2, 0.25) is 0 Å². The second kappa shape index (κ2) is 6.41. The summed E-state index contributed by atoms with van der Waals surface area (Å²) in [6.45, 7) is 2.28. The Hall–Kier alpha value is -0.0500. The zero-order chi connectivity index (χ0) is 9.52. The third-order valence-corrected chi connectivity index (χ3v) is 2.73. The summed E-state index contributed by atoms with van der Waals surface area (Å²) < 4.78 is 0.821. The van der Waals surface area contributed by atoms with Gasteiger partial charge in [-0.15, -0.1) is 0 Å². The summed E-state index contributed by atoms with van der Waals surface area (Å²) in [7, 11) is 0. The SMILES string of the molecule is CC(I)CCCCc1cc[c]cc1. The highest BCUT2D eigenvalue weighted by Gasteiger charge is 1.96. The number of hydrogen-bond donors (Lipinski definition) is 0. The molecule has 13 heavy (non-hydrogen) atoms. The highest BCUT2D eigenvalue weighted by molar-refractivity contribution is 14.1. The van der Waals surface area contributed by atoms with Crippen molar-refractivity contribution < 1.29 is 0 Å². The van der Waals surface area contributed by atoms with Gasteiger partial charge in [0, 0.05) is 3.92 Å². The van der Waals surface area contributed by atoms with E-state index in [-0.39, 0.29) is 0 Å². The van der Waals surface area contributed by atoms with Crippen molar-refractivity contribution in [2.45, 2.75) is 36.5 Å². The predicted octanol–water partition coefficient (Wildman–Crippen LogP) is 4.02. The van der Waals surface area contributed by atoms with E-state index >= 15 is 0 Å². The van der Waals surface area contributed by atoms with Crippen LogP contribution in [-0.2, 0) is 6.42 Å². The van der Waals surface area contributed by atoms with E-state index in [1.807, 2.05) is 12.1 Å². The third-order valence-electron chi connectivity index (χ3n) is 2.10. The van der Waals surface area contributed by atoms with Crippen LogP contribution in [0.3, 0.4) is 0 Å². The molecule has 0 spiro atoms. The van der Waals surface area contributed by atoms with E-state index in [2.05, 4.69) is 47.7 Å². The van der Waals surface area contributed by atoms with Crippen LogP contribution in [0.4, 0.5) is 0 Å². The number of benzene rings is 1. The van der Waals surface area contributed by atoms with E-state index in [0.717, 1.165) is 3.92 Å². The average molecular weight is 287 g/mol. The second-order valence-electron chi connectivity index (χ2n) is 3.43. The first-order valence-corrected chi connectivity index (χ1v) is 6.12. The van der Waals surface area contributed by atoms with E-state index in [1.54, 1.807) is 0 Å². The van der Waals surface area contributed by atoms with Crippen molar-refractivity contribution in [3.63, 3.8) is 0 Å². The van der Waals surface area contributed by atoms with Crippen molar-refractivity contribution >= 4 is 22.6 Å². The Morgan fingerprint density at radius 1 is 1.31 bits per heavy atom. The van der Waals surface area contributed by atoms with Gasteiger partial charge >= 0.3 is 0 Å². The molecular weight excluding hydrogens is 271 g/mol. The van der Waals surface area contributed by atoms with Gasteiger partial charge in [-0.2, -0.15) is 0 Å². The molecule has 1 radical (unpaired) electrons. The van der Waals surface area contributed by atoms with Crippen LogP contribution in [0.2, 0.25) is 0 Å². The number of rotatable bonds is 5. The fourth-order valence-electron chi connectivity index (χ4n) is 1.34. The summed E-state index contributed by atoms with van der Waals surface area (Å²) in [5.74, 6) is 0.